The van der Waals surface area contributed by atoms with Gasteiger partial charge in [0.05, 0.1) is 9.95 Å². The van der Waals surface area contributed by atoms with Gasteiger partial charge in [-0.2, -0.15) is 0 Å². The van der Waals surface area contributed by atoms with Gasteiger partial charge in [0, 0.05) is 24.7 Å². The van der Waals surface area contributed by atoms with Gasteiger partial charge < -0.3 is 5.73 Å². The number of rotatable bonds is 5. The third kappa shape index (κ3) is 3.64. The second kappa shape index (κ2) is 5.61. The van der Waals surface area contributed by atoms with E-state index >= 15 is 0 Å². The molecular weight excluding hydrogens is 282 g/mol. The monoisotopic (exact) mass is 293 g/mol. The topological polar surface area (TPSA) is 115 Å². The molecule has 0 radical (unpaired) electrons. The molecule has 0 amide bonds. The molecule has 0 aliphatic carbocycles. The maximum Gasteiger partial charge on any atom is 0.271 e. The van der Waals surface area contributed by atoms with Gasteiger partial charge in [0.15, 0.2) is 0 Å². The molecule has 0 aromatic heterocycles. The lowest BCUT2D eigenvalue weighted by Crippen LogP contribution is -2.35. The molecular formula is C9H12ClN3O4S. The van der Waals surface area contributed by atoms with Crippen molar-refractivity contribution in [3.8, 4) is 0 Å². The minimum Gasteiger partial charge on any atom is -0.327 e. The first-order valence-electron chi connectivity index (χ1n) is 4.93. The Morgan fingerprint density at radius 2 is 2.17 bits per heavy atom. The highest BCUT2D eigenvalue weighted by Crippen LogP contribution is 2.25. The third-order valence-corrected chi connectivity index (χ3v) is 3.92. The predicted octanol–water partition coefficient (Wildman–Crippen LogP) is 0.874. The standard InChI is InChI=1S/C9H12ClN3O4S/c1-6(11)5-12-18(16,17)9-3-2-7(13(14)15)4-8(9)10/h2-4,6,12H,5,11H2,1H3. The summed E-state index contributed by atoms with van der Waals surface area (Å²) in [6.07, 6.45) is 0. The summed E-state index contributed by atoms with van der Waals surface area (Å²) in [5, 5.41) is 10.3. The number of halogens is 1. The van der Waals surface area contributed by atoms with Gasteiger partial charge in [-0.15, -0.1) is 0 Å². The predicted molar refractivity (Wildman–Crippen MR) is 66.9 cm³/mol. The van der Waals surface area contributed by atoms with Crippen LogP contribution in [0.3, 0.4) is 0 Å². The van der Waals surface area contributed by atoms with Crippen LogP contribution >= 0.6 is 11.6 Å². The van der Waals surface area contributed by atoms with Crippen molar-refractivity contribution in [2.45, 2.75) is 17.9 Å². The van der Waals surface area contributed by atoms with E-state index in [0.29, 0.717) is 0 Å². The molecule has 9 heteroatoms. The van der Waals surface area contributed by atoms with E-state index in [2.05, 4.69) is 4.72 Å². The van der Waals surface area contributed by atoms with E-state index in [9.17, 15) is 18.5 Å². The molecule has 1 unspecified atom stereocenters. The Hall–Kier alpha value is -1.22. The Bertz CT molecular complexity index is 559. The molecule has 0 fully saturated rings. The van der Waals surface area contributed by atoms with Gasteiger partial charge in [0.2, 0.25) is 10.0 Å². The van der Waals surface area contributed by atoms with E-state index in [1.54, 1.807) is 6.92 Å². The number of nitrogens with zero attached hydrogens (tertiary/aromatic N) is 1. The zero-order valence-electron chi connectivity index (χ0n) is 9.46. The van der Waals surface area contributed by atoms with Gasteiger partial charge in [-0.05, 0) is 13.0 Å². The Morgan fingerprint density at radius 1 is 1.56 bits per heavy atom. The first-order valence-corrected chi connectivity index (χ1v) is 6.79. The number of hydrogen-bond acceptors (Lipinski definition) is 5. The van der Waals surface area contributed by atoms with Crippen molar-refractivity contribution >= 4 is 27.3 Å². The van der Waals surface area contributed by atoms with Crippen LogP contribution in [0.15, 0.2) is 23.1 Å². The Labute approximate surface area is 109 Å². The second-order valence-electron chi connectivity index (χ2n) is 3.70. The van der Waals surface area contributed by atoms with Crippen LogP contribution in [0.1, 0.15) is 6.92 Å². The molecule has 1 aromatic rings. The molecule has 18 heavy (non-hydrogen) atoms. The van der Waals surface area contributed by atoms with Gasteiger partial charge in [-0.25, -0.2) is 13.1 Å². The van der Waals surface area contributed by atoms with E-state index in [0.717, 1.165) is 18.2 Å². The highest BCUT2D eigenvalue weighted by molar-refractivity contribution is 7.89. The van der Waals surface area contributed by atoms with Crippen molar-refractivity contribution in [3.63, 3.8) is 0 Å². The van der Waals surface area contributed by atoms with E-state index in [1.807, 2.05) is 0 Å². The van der Waals surface area contributed by atoms with Crippen LogP contribution in [0.5, 0.6) is 0 Å². The zero-order valence-corrected chi connectivity index (χ0v) is 11.0. The van der Waals surface area contributed by atoms with Crippen LogP contribution in [-0.2, 0) is 10.0 Å². The zero-order chi connectivity index (χ0) is 13.9. The van der Waals surface area contributed by atoms with Crippen molar-refractivity contribution in [2.75, 3.05) is 6.54 Å². The molecule has 100 valence electrons. The summed E-state index contributed by atoms with van der Waals surface area (Å²) in [7, 11) is -3.81. The molecule has 0 saturated carbocycles. The fourth-order valence-electron chi connectivity index (χ4n) is 1.14. The number of nitrogens with two attached hydrogens (primary N) is 1. The molecule has 1 aromatic carbocycles. The number of hydrogen-bond donors (Lipinski definition) is 2. The molecule has 3 N–H and O–H groups in total. The summed E-state index contributed by atoms with van der Waals surface area (Å²) in [5.74, 6) is 0. The van der Waals surface area contributed by atoms with Gasteiger partial charge in [-0.3, -0.25) is 10.1 Å². The van der Waals surface area contributed by atoms with Crippen molar-refractivity contribution in [2.24, 2.45) is 5.73 Å². The highest BCUT2D eigenvalue weighted by atomic mass is 35.5. The van der Waals surface area contributed by atoms with Crippen LogP contribution < -0.4 is 10.5 Å². The number of benzene rings is 1. The molecule has 1 atom stereocenters. The minimum absolute atomic E-state index is 0.0512. The molecule has 0 spiro atoms. The molecule has 0 aliphatic rings. The number of nitro groups is 1. The summed E-state index contributed by atoms with van der Waals surface area (Å²) in [6, 6.07) is 2.80. The van der Waals surface area contributed by atoms with Gasteiger partial charge in [0.1, 0.15) is 4.90 Å². The smallest absolute Gasteiger partial charge is 0.271 e. The summed E-state index contributed by atoms with van der Waals surface area (Å²) in [5.41, 5.74) is 5.16. The van der Waals surface area contributed by atoms with Crippen molar-refractivity contribution in [3.05, 3.63) is 33.3 Å². The van der Waals surface area contributed by atoms with E-state index in [-0.39, 0.29) is 28.2 Å². The molecule has 7 nitrogen and oxygen atoms in total. The van der Waals surface area contributed by atoms with Crippen LogP contribution in [0.4, 0.5) is 5.69 Å². The largest absolute Gasteiger partial charge is 0.327 e. The molecule has 0 saturated heterocycles. The maximum absolute atomic E-state index is 11.8. The van der Waals surface area contributed by atoms with Crippen LogP contribution in [0.2, 0.25) is 5.02 Å². The van der Waals surface area contributed by atoms with Gasteiger partial charge in [0.25, 0.3) is 5.69 Å². The van der Waals surface area contributed by atoms with Crippen LogP contribution in [0, 0.1) is 10.1 Å². The molecule has 0 bridgehead atoms. The molecule has 0 aliphatic heterocycles. The molecule has 1 rings (SSSR count). The summed E-state index contributed by atoms with van der Waals surface area (Å²) in [4.78, 5) is 9.63. The fraction of sp³-hybridized carbons (Fsp3) is 0.333. The van der Waals surface area contributed by atoms with Crippen molar-refractivity contribution in [1.29, 1.82) is 0 Å². The maximum atomic E-state index is 11.8. The third-order valence-electron chi connectivity index (χ3n) is 2.01. The summed E-state index contributed by atoms with van der Waals surface area (Å²) < 4.78 is 25.9. The van der Waals surface area contributed by atoms with E-state index in [4.69, 9.17) is 17.3 Å². The summed E-state index contributed by atoms with van der Waals surface area (Å²) >= 11 is 5.72. The van der Waals surface area contributed by atoms with Crippen LogP contribution in [-0.4, -0.2) is 25.9 Å². The lowest BCUT2D eigenvalue weighted by Gasteiger charge is -2.09. The minimum atomic E-state index is -3.81. The SMILES string of the molecule is CC(N)CNS(=O)(=O)c1ccc([N+](=O)[O-])cc1Cl. The second-order valence-corrected chi connectivity index (χ2v) is 5.84. The molecule has 0 heterocycles. The number of non-ortho nitro benzene ring substituents is 1. The van der Waals surface area contributed by atoms with Crippen molar-refractivity contribution < 1.29 is 13.3 Å². The number of sulfonamides is 1. The number of nitro benzene ring substituents is 1. The highest BCUT2D eigenvalue weighted by Gasteiger charge is 2.20. The Balaban J connectivity index is 3.06. The first kappa shape index (κ1) is 14.8. The Morgan fingerprint density at radius 3 is 2.61 bits per heavy atom. The van der Waals surface area contributed by atoms with Gasteiger partial charge >= 0.3 is 0 Å². The van der Waals surface area contributed by atoms with E-state index in [1.165, 1.54) is 0 Å². The lowest BCUT2D eigenvalue weighted by atomic mass is 10.3. The summed E-state index contributed by atoms with van der Waals surface area (Å²) in [6.45, 7) is 1.69. The first-order chi connectivity index (χ1) is 8.24. The average molecular weight is 294 g/mol. The fourth-order valence-corrected chi connectivity index (χ4v) is 2.82. The van der Waals surface area contributed by atoms with Gasteiger partial charge in [-0.1, -0.05) is 11.6 Å². The lowest BCUT2D eigenvalue weighted by molar-refractivity contribution is -0.384. The Kier molecular flexibility index (Phi) is 4.63. The van der Waals surface area contributed by atoms with E-state index < -0.39 is 14.9 Å². The van der Waals surface area contributed by atoms with Crippen LogP contribution in [0.25, 0.3) is 0 Å². The van der Waals surface area contributed by atoms with Crippen molar-refractivity contribution in [1.82, 2.24) is 4.72 Å². The average Bonchev–Trinajstić information content (AvgIpc) is 2.26. The quantitative estimate of drug-likeness (QED) is 0.617. The number of nitrogens with one attached hydrogen (secondary N) is 1. The normalized spacial score (nSPS) is 13.3.